The summed E-state index contributed by atoms with van der Waals surface area (Å²) in [6.45, 7) is 7.90. The number of hydrogen-bond donors (Lipinski definition) is 0. The fourth-order valence-electron chi connectivity index (χ4n) is 2.71. The maximum absolute atomic E-state index is 13.2. The van der Waals surface area contributed by atoms with Crippen molar-refractivity contribution < 1.29 is 18.1 Å². The molecule has 0 bridgehead atoms. The lowest BCUT2D eigenvalue weighted by Crippen LogP contribution is -2.41. The summed E-state index contributed by atoms with van der Waals surface area (Å²) in [7, 11) is -0.554. The van der Waals surface area contributed by atoms with E-state index in [4.69, 9.17) is 9.31 Å². The molecule has 0 aromatic heterocycles. The van der Waals surface area contributed by atoms with Gasteiger partial charge in [0.15, 0.2) is 0 Å². The minimum absolute atomic E-state index is 0.0378. The van der Waals surface area contributed by atoms with Gasteiger partial charge in [-0.2, -0.15) is 0 Å². The first-order chi connectivity index (χ1) is 10.2. The maximum Gasteiger partial charge on any atom is 0.495 e. The Balaban J connectivity index is 2.12. The highest BCUT2D eigenvalue weighted by atomic mass is 19.3. The molecule has 2 nitrogen and oxygen atoms in total. The average molecular weight is 304 g/mol. The topological polar surface area (TPSA) is 18.5 Å². The van der Waals surface area contributed by atoms with Crippen LogP contribution in [0.5, 0.6) is 0 Å². The molecular weight excluding hydrogens is 285 g/mol. The van der Waals surface area contributed by atoms with Crippen molar-refractivity contribution in [1.82, 2.24) is 0 Å². The van der Waals surface area contributed by atoms with Crippen LogP contribution in [0.2, 0.25) is 0 Å². The highest BCUT2D eigenvalue weighted by Gasteiger charge is 2.52. The van der Waals surface area contributed by atoms with Gasteiger partial charge < -0.3 is 9.31 Å². The summed E-state index contributed by atoms with van der Waals surface area (Å²) >= 11 is 0. The molecule has 0 spiro atoms. The minimum atomic E-state index is -2.50. The van der Waals surface area contributed by atoms with E-state index >= 15 is 0 Å². The second kappa shape index (κ2) is 5.03. The smallest absolute Gasteiger partial charge is 0.399 e. The molecule has 0 unspecified atom stereocenters. The van der Waals surface area contributed by atoms with Gasteiger partial charge >= 0.3 is 7.12 Å². The van der Waals surface area contributed by atoms with Gasteiger partial charge in [0.1, 0.15) is 0 Å². The Morgan fingerprint density at radius 2 is 1.41 bits per heavy atom. The molecule has 0 N–H and O–H groups in total. The van der Waals surface area contributed by atoms with E-state index in [0.717, 1.165) is 10.8 Å². The Labute approximate surface area is 129 Å². The summed E-state index contributed by atoms with van der Waals surface area (Å²) in [6.07, 6.45) is -2.50. The van der Waals surface area contributed by atoms with Gasteiger partial charge in [-0.3, -0.25) is 0 Å². The molecule has 1 heterocycles. The second-order valence-electron chi connectivity index (χ2n) is 6.68. The number of alkyl halides is 2. The number of halogens is 2. The first kappa shape index (κ1) is 15.4. The Morgan fingerprint density at radius 1 is 0.864 bits per heavy atom. The lowest BCUT2D eigenvalue weighted by Gasteiger charge is -2.32. The molecular formula is C17H19BF2O2. The molecule has 22 heavy (non-hydrogen) atoms. The van der Waals surface area contributed by atoms with E-state index in [9.17, 15) is 8.78 Å². The predicted octanol–water partition coefficient (Wildman–Crippen LogP) is 4.08. The summed E-state index contributed by atoms with van der Waals surface area (Å²) < 4.78 is 38.5. The third kappa shape index (κ3) is 2.33. The first-order valence-corrected chi connectivity index (χ1v) is 7.38. The largest absolute Gasteiger partial charge is 0.495 e. The minimum Gasteiger partial charge on any atom is -0.399 e. The van der Waals surface area contributed by atoms with E-state index in [1.807, 2.05) is 39.8 Å². The van der Waals surface area contributed by atoms with Gasteiger partial charge in [0.25, 0.3) is 6.43 Å². The van der Waals surface area contributed by atoms with Crippen LogP contribution in [-0.4, -0.2) is 18.3 Å². The summed E-state index contributed by atoms with van der Waals surface area (Å²) in [5.74, 6) is 0. The van der Waals surface area contributed by atoms with Gasteiger partial charge in [-0.05, 0) is 43.9 Å². The van der Waals surface area contributed by atoms with E-state index in [0.29, 0.717) is 5.39 Å². The fourth-order valence-corrected chi connectivity index (χ4v) is 2.71. The zero-order chi connectivity index (χ0) is 16.1. The average Bonchev–Trinajstić information content (AvgIpc) is 2.65. The Morgan fingerprint density at radius 3 is 1.95 bits per heavy atom. The summed E-state index contributed by atoms with van der Waals surface area (Å²) in [5, 5.41) is 1.29. The first-order valence-electron chi connectivity index (χ1n) is 7.38. The van der Waals surface area contributed by atoms with Gasteiger partial charge in [0.2, 0.25) is 0 Å². The van der Waals surface area contributed by atoms with Crippen molar-refractivity contribution in [2.45, 2.75) is 45.3 Å². The molecule has 5 heteroatoms. The maximum atomic E-state index is 13.2. The van der Waals surface area contributed by atoms with Crippen LogP contribution in [0.25, 0.3) is 10.8 Å². The predicted molar refractivity (Wildman–Crippen MR) is 84.6 cm³/mol. The molecule has 1 saturated heterocycles. The third-order valence-corrected chi connectivity index (χ3v) is 4.73. The summed E-state index contributed by atoms with van der Waals surface area (Å²) in [5.41, 5.74) is -0.0881. The van der Waals surface area contributed by atoms with Gasteiger partial charge in [0, 0.05) is 5.56 Å². The van der Waals surface area contributed by atoms with Crippen LogP contribution in [0, 0.1) is 0 Å². The molecule has 0 saturated carbocycles. The van der Waals surface area contributed by atoms with Crippen molar-refractivity contribution in [3.05, 3.63) is 42.0 Å². The van der Waals surface area contributed by atoms with Crippen LogP contribution in [-0.2, 0) is 9.31 Å². The molecule has 2 aromatic rings. The second-order valence-corrected chi connectivity index (χ2v) is 6.68. The van der Waals surface area contributed by atoms with Crippen LogP contribution in [0.4, 0.5) is 8.78 Å². The Hall–Kier alpha value is -1.46. The van der Waals surface area contributed by atoms with Crippen molar-refractivity contribution in [3.8, 4) is 0 Å². The van der Waals surface area contributed by atoms with Gasteiger partial charge in [-0.1, -0.05) is 36.4 Å². The zero-order valence-electron chi connectivity index (χ0n) is 13.2. The zero-order valence-corrected chi connectivity index (χ0v) is 13.2. The molecule has 1 fully saturated rings. The van der Waals surface area contributed by atoms with E-state index in [-0.39, 0.29) is 5.56 Å². The van der Waals surface area contributed by atoms with Crippen molar-refractivity contribution >= 4 is 23.4 Å². The van der Waals surface area contributed by atoms with Crippen LogP contribution in [0.15, 0.2) is 36.4 Å². The SMILES string of the molecule is CC1(C)OB(c2ccc(C(F)F)c3ccccc23)OC1(C)C. The summed E-state index contributed by atoms with van der Waals surface area (Å²) in [4.78, 5) is 0. The Bertz CT molecular complexity index is 697. The highest BCUT2D eigenvalue weighted by Crippen LogP contribution is 2.37. The van der Waals surface area contributed by atoms with E-state index in [1.165, 1.54) is 6.07 Å². The number of hydrogen-bond acceptors (Lipinski definition) is 2. The molecule has 0 aliphatic carbocycles. The number of benzene rings is 2. The monoisotopic (exact) mass is 304 g/mol. The van der Waals surface area contributed by atoms with Crippen LogP contribution >= 0.6 is 0 Å². The molecule has 0 amide bonds. The van der Waals surface area contributed by atoms with Gasteiger partial charge in [-0.25, -0.2) is 8.78 Å². The van der Waals surface area contributed by atoms with Crippen LogP contribution in [0.1, 0.15) is 39.7 Å². The third-order valence-electron chi connectivity index (χ3n) is 4.73. The lowest BCUT2D eigenvalue weighted by atomic mass is 9.75. The normalized spacial score (nSPS) is 20.0. The molecule has 2 aromatic carbocycles. The lowest BCUT2D eigenvalue weighted by molar-refractivity contribution is 0.00578. The van der Waals surface area contributed by atoms with E-state index < -0.39 is 24.7 Å². The molecule has 3 rings (SSSR count). The van der Waals surface area contributed by atoms with Crippen molar-refractivity contribution in [3.63, 3.8) is 0 Å². The van der Waals surface area contributed by atoms with Gasteiger partial charge in [-0.15, -0.1) is 0 Å². The number of rotatable bonds is 2. The quantitative estimate of drug-likeness (QED) is 0.778. The number of fused-ring (bicyclic) bond motifs is 1. The standard InChI is InChI=1S/C17H19BF2O2/c1-16(2)17(3,4)22-18(21-16)14-10-9-13(15(19)20)11-7-5-6-8-12(11)14/h5-10,15H,1-4H3. The van der Waals surface area contributed by atoms with Crippen LogP contribution < -0.4 is 5.46 Å². The molecule has 116 valence electrons. The van der Waals surface area contributed by atoms with E-state index in [1.54, 1.807) is 18.2 Å². The van der Waals surface area contributed by atoms with Gasteiger partial charge in [0.05, 0.1) is 11.2 Å². The van der Waals surface area contributed by atoms with Crippen LogP contribution in [0.3, 0.4) is 0 Å². The van der Waals surface area contributed by atoms with Crippen molar-refractivity contribution in [1.29, 1.82) is 0 Å². The van der Waals surface area contributed by atoms with Crippen molar-refractivity contribution in [2.75, 3.05) is 0 Å². The molecule has 1 aliphatic rings. The highest BCUT2D eigenvalue weighted by molar-refractivity contribution is 6.65. The van der Waals surface area contributed by atoms with E-state index in [2.05, 4.69) is 0 Å². The fraction of sp³-hybridized carbons (Fsp3) is 0.412. The molecule has 1 aliphatic heterocycles. The molecule has 0 radical (unpaired) electrons. The summed E-state index contributed by atoms with van der Waals surface area (Å²) in [6, 6.07) is 10.3. The Kier molecular flexibility index (Phi) is 3.53. The van der Waals surface area contributed by atoms with Crippen molar-refractivity contribution in [2.24, 2.45) is 0 Å². The molecule has 0 atom stereocenters.